The van der Waals surface area contributed by atoms with E-state index >= 15 is 0 Å². The summed E-state index contributed by atoms with van der Waals surface area (Å²) in [4.78, 5) is 24.3. The number of aryl methyl sites for hydroxylation is 1. The molecule has 216 valence electrons. The van der Waals surface area contributed by atoms with Crippen LogP contribution in [0.3, 0.4) is 0 Å². The molecule has 0 aliphatic carbocycles. The highest BCUT2D eigenvalue weighted by Gasteiger charge is 2.38. The van der Waals surface area contributed by atoms with Crippen molar-refractivity contribution in [2.24, 2.45) is 0 Å². The minimum atomic E-state index is -4.43. The van der Waals surface area contributed by atoms with Crippen LogP contribution in [0, 0.1) is 13.8 Å². The number of aromatic nitrogens is 4. The lowest BCUT2D eigenvalue weighted by atomic mass is 10.1. The molecular weight excluding hydrogens is 547 g/mol. The third-order valence-corrected chi connectivity index (χ3v) is 12.8. The van der Waals surface area contributed by atoms with Gasteiger partial charge in [-0.25, -0.2) is 9.97 Å². The summed E-state index contributed by atoms with van der Waals surface area (Å²) in [6.07, 6.45) is -3.03. The molecule has 1 aliphatic heterocycles. The van der Waals surface area contributed by atoms with Crippen LogP contribution in [0.15, 0.2) is 42.6 Å². The molecule has 5 rings (SSSR count). The standard InChI is InChI=1S/C30H34F3N5O2Si/c1-18-14-20(27-34-16-21-15-22(30(31,32)33)9-10-23(21)35-27)8-11-25(18)37-12-13-38-26(28(37)39)19(2)24(36-38)17-40-41(6,7)29(3,4)5/h8-11,14-16H,12-13,17H2,1-7H3. The molecule has 0 fully saturated rings. The molecule has 1 amide bonds. The maximum absolute atomic E-state index is 13.7. The number of fused-ring (bicyclic) bond motifs is 2. The maximum Gasteiger partial charge on any atom is 0.416 e. The fraction of sp³-hybridized carbons (Fsp3) is 0.400. The zero-order valence-electron chi connectivity index (χ0n) is 24.3. The topological polar surface area (TPSA) is 73.1 Å². The van der Waals surface area contributed by atoms with Crippen molar-refractivity contribution in [2.75, 3.05) is 11.4 Å². The van der Waals surface area contributed by atoms with E-state index in [4.69, 9.17) is 9.52 Å². The fourth-order valence-corrected chi connectivity index (χ4v) is 5.67. The Labute approximate surface area is 238 Å². The maximum atomic E-state index is 13.7. The predicted octanol–water partition coefficient (Wildman–Crippen LogP) is 7.31. The summed E-state index contributed by atoms with van der Waals surface area (Å²) in [7, 11) is -1.97. The van der Waals surface area contributed by atoms with E-state index in [2.05, 4.69) is 43.8 Å². The van der Waals surface area contributed by atoms with Gasteiger partial charge in [-0.3, -0.25) is 9.48 Å². The molecule has 2 aromatic heterocycles. The number of carbonyl (C=O) groups is 1. The monoisotopic (exact) mass is 581 g/mol. The molecule has 0 spiro atoms. The van der Waals surface area contributed by atoms with Crippen molar-refractivity contribution in [3.63, 3.8) is 0 Å². The van der Waals surface area contributed by atoms with Crippen LogP contribution in [-0.4, -0.2) is 40.5 Å². The van der Waals surface area contributed by atoms with Gasteiger partial charge in [-0.15, -0.1) is 0 Å². The highest BCUT2D eigenvalue weighted by molar-refractivity contribution is 6.74. The van der Waals surface area contributed by atoms with Crippen LogP contribution in [0.2, 0.25) is 18.1 Å². The number of benzene rings is 2. The first-order chi connectivity index (χ1) is 19.1. The minimum absolute atomic E-state index is 0.0745. The molecule has 0 saturated heterocycles. The predicted molar refractivity (Wildman–Crippen MR) is 155 cm³/mol. The van der Waals surface area contributed by atoms with Gasteiger partial charge in [0.15, 0.2) is 14.1 Å². The van der Waals surface area contributed by atoms with Crippen molar-refractivity contribution in [3.05, 3.63) is 70.7 Å². The molecule has 4 aromatic rings. The highest BCUT2D eigenvalue weighted by Crippen LogP contribution is 2.38. The SMILES string of the molecule is Cc1cc(-c2ncc3cc(C(F)(F)F)ccc3n2)ccc1N1CCn2nc(CO[Si](C)(C)C(C)(C)C)c(C)c2C1=O. The summed E-state index contributed by atoms with van der Waals surface area (Å²) in [5, 5.41) is 5.11. The van der Waals surface area contributed by atoms with Crippen LogP contribution in [0.1, 0.15) is 53.6 Å². The van der Waals surface area contributed by atoms with E-state index in [0.717, 1.165) is 34.6 Å². The molecule has 0 N–H and O–H groups in total. The first-order valence-corrected chi connectivity index (χ1v) is 16.4. The molecular formula is C30H34F3N5O2Si. The van der Waals surface area contributed by atoms with Crippen molar-refractivity contribution in [2.45, 2.75) is 72.1 Å². The van der Waals surface area contributed by atoms with Crippen molar-refractivity contribution in [1.29, 1.82) is 0 Å². The van der Waals surface area contributed by atoms with E-state index in [9.17, 15) is 18.0 Å². The van der Waals surface area contributed by atoms with Gasteiger partial charge in [0.2, 0.25) is 0 Å². The van der Waals surface area contributed by atoms with Crippen molar-refractivity contribution in [3.8, 4) is 11.4 Å². The third kappa shape index (κ3) is 5.40. The second kappa shape index (κ2) is 10.1. The van der Waals surface area contributed by atoms with E-state index in [-0.39, 0.29) is 10.9 Å². The summed E-state index contributed by atoms with van der Waals surface area (Å²) in [6, 6.07) is 9.02. The summed E-state index contributed by atoms with van der Waals surface area (Å²) < 4.78 is 47.4. The van der Waals surface area contributed by atoms with Gasteiger partial charge < -0.3 is 9.33 Å². The number of halogens is 3. The van der Waals surface area contributed by atoms with Crippen LogP contribution in [0.4, 0.5) is 18.9 Å². The van der Waals surface area contributed by atoms with Crippen molar-refractivity contribution >= 4 is 30.8 Å². The van der Waals surface area contributed by atoms with Crippen LogP contribution in [0.5, 0.6) is 0 Å². The van der Waals surface area contributed by atoms with E-state index in [1.165, 1.54) is 12.3 Å². The van der Waals surface area contributed by atoms with Gasteiger partial charge in [-0.2, -0.15) is 18.3 Å². The van der Waals surface area contributed by atoms with Crippen LogP contribution in [-0.2, 0) is 23.8 Å². The Balaban J connectivity index is 1.38. The molecule has 0 unspecified atom stereocenters. The van der Waals surface area contributed by atoms with Crippen molar-refractivity contribution in [1.82, 2.24) is 19.7 Å². The summed E-state index contributed by atoms with van der Waals surface area (Å²) in [6.45, 7) is 16.2. The smallest absolute Gasteiger partial charge is 0.411 e. The van der Waals surface area contributed by atoms with E-state index in [1.54, 1.807) is 9.58 Å². The number of amides is 1. The fourth-order valence-electron chi connectivity index (χ4n) is 4.74. The lowest BCUT2D eigenvalue weighted by Gasteiger charge is -2.35. The first kappa shape index (κ1) is 28.9. The minimum Gasteiger partial charge on any atom is -0.411 e. The second-order valence-corrected chi connectivity index (χ2v) is 16.9. The number of nitrogens with zero attached hydrogens (tertiary/aromatic N) is 5. The van der Waals surface area contributed by atoms with Crippen molar-refractivity contribution < 1.29 is 22.4 Å². The molecule has 0 bridgehead atoms. The highest BCUT2D eigenvalue weighted by atomic mass is 28.4. The number of alkyl halides is 3. The summed E-state index contributed by atoms with van der Waals surface area (Å²) >= 11 is 0. The Morgan fingerprint density at radius 2 is 1.76 bits per heavy atom. The van der Waals surface area contributed by atoms with Gasteiger partial charge in [-0.1, -0.05) is 20.8 Å². The van der Waals surface area contributed by atoms with E-state index in [0.29, 0.717) is 47.7 Å². The number of rotatable bonds is 5. The largest absolute Gasteiger partial charge is 0.416 e. The van der Waals surface area contributed by atoms with Gasteiger partial charge >= 0.3 is 6.18 Å². The average Bonchev–Trinajstić information content (AvgIpc) is 3.22. The van der Waals surface area contributed by atoms with Gasteiger partial charge in [-0.05, 0) is 73.9 Å². The van der Waals surface area contributed by atoms with Crippen LogP contribution in [0.25, 0.3) is 22.3 Å². The second-order valence-electron chi connectivity index (χ2n) is 12.1. The lowest BCUT2D eigenvalue weighted by Crippen LogP contribution is -2.41. The molecule has 0 atom stereocenters. The number of hydrogen-bond donors (Lipinski definition) is 0. The molecule has 1 aliphatic rings. The van der Waals surface area contributed by atoms with Gasteiger partial charge in [0, 0.05) is 34.9 Å². The van der Waals surface area contributed by atoms with Gasteiger partial charge in [0.25, 0.3) is 5.91 Å². The average molecular weight is 582 g/mol. The molecule has 3 heterocycles. The van der Waals surface area contributed by atoms with Crippen LogP contribution < -0.4 is 4.90 Å². The Kier molecular flexibility index (Phi) is 7.10. The first-order valence-electron chi connectivity index (χ1n) is 13.5. The Morgan fingerprint density at radius 3 is 2.41 bits per heavy atom. The molecule has 41 heavy (non-hydrogen) atoms. The van der Waals surface area contributed by atoms with Gasteiger partial charge in [0.05, 0.1) is 29.9 Å². The lowest BCUT2D eigenvalue weighted by molar-refractivity contribution is -0.137. The van der Waals surface area contributed by atoms with Crippen LogP contribution >= 0.6 is 0 Å². The molecule has 11 heteroatoms. The van der Waals surface area contributed by atoms with Gasteiger partial charge in [0.1, 0.15) is 5.69 Å². The Hall–Kier alpha value is -3.57. The summed E-state index contributed by atoms with van der Waals surface area (Å²) in [5.41, 5.74) is 4.24. The summed E-state index contributed by atoms with van der Waals surface area (Å²) in [5.74, 6) is 0.287. The molecule has 0 radical (unpaired) electrons. The number of anilines is 1. The number of hydrogen-bond acceptors (Lipinski definition) is 5. The normalized spacial score (nSPS) is 14.6. The Bertz CT molecular complexity index is 1660. The molecule has 2 aromatic carbocycles. The van der Waals surface area contributed by atoms with E-state index < -0.39 is 20.1 Å². The zero-order chi connectivity index (χ0) is 29.9. The number of carbonyl (C=O) groups excluding carboxylic acids is 1. The zero-order valence-corrected chi connectivity index (χ0v) is 25.3. The van der Waals surface area contributed by atoms with E-state index in [1.807, 2.05) is 32.0 Å². The Morgan fingerprint density at radius 1 is 1.02 bits per heavy atom. The third-order valence-electron chi connectivity index (χ3n) is 8.30. The quantitative estimate of drug-likeness (QED) is 0.231. The molecule has 0 saturated carbocycles. The molecule has 7 nitrogen and oxygen atoms in total.